The van der Waals surface area contributed by atoms with Gasteiger partial charge in [-0.3, -0.25) is 0 Å². The molecule has 1 aromatic rings. The van der Waals surface area contributed by atoms with Gasteiger partial charge in [0.2, 0.25) is 0 Å². The van der Waals surface area contributed by atoms with Crippen molar-refractivity contribution in [3.8, 4) is 0 Å². The van der Waals surface area contributed by atoms with Gasteiger partial charge in [0.1, 0.15) is 10.7 Å². The first-order valence-corrected chi connectivity index (χ1v) is 11.2. The second kappa shape index (κ2) is 8.34. The molecule has 1 aromatic carbocycles. The van der Waals surface area contributed by atoms with Crippen LogP contribution in [0.1, 0.15) is 37.8 Å². The van der Waals surface area contributed by atoms with Gasteiger partial charge in [-0.25, -0.2) is 4.79 Å². The first-order chi connectivity index (χ1) is 13.3. The third-order valence-electron chi connectivity index (χ3n) is 5.06. The summed E-state index contributed by atoms with van der Waals surface area (Å²) in [5.41, 5.74) is 2.41. The van der Waals surface area contributed by atoms with Crippen molar-refractivity contribution in [1.29, 1.82) is 0 Å². The van der Waals surface area contributed by atoms with Gasteiger partial charge in [-0.1, -0.05) is 36.8 Å². The molecule has 152 valence electrons. The van der Waals surface area contributed by atoms with Crippen LogP contribution in [-0.4, -0.2) is 62.8 Å². The third-order valence-corrected chi connectivity index (χ3v) is 6.53. The zero-order valence-corrected chi connectivity index (χ0v) is 17.6. The fourth-order valence-corrected chi connectivity index (χ4v) is 5.05. The number of nitrogens with zero attached hydrogens (tertiary/aromatic N) is 3. The predicted octanol–water partition coefficient (Wildman–Crippen LogP) is 2.60. The second-order valence-corrected chi connectivity index (χ2v) is 8.81. The van der Waals surface area contributed by atoms with Crippen LogP contribution < -0.4 is 5.32 Å². The van der Waals surface area contributed by atoms with E-state index >= 15 is 0 Å². The highest BCUT2D eigenvalue weighted by Crippen LogP contribution is 2.33. The average molecular weight is 405 g/mol. The van der Waals surface area contributed by atoms with Crippen LogP contribution in [0.4, 0.5) is 4.79 Å². The molecule has 0 unspecified atom stereocenters. The zero-order valence-electron chi connectivity index (χ0n) is 16.7. The number of urea groups is 1. The van der Waals surface area contributed by atoms with Crippen molar-refractivity contribution in [1.82, 2.24) is 15.1 Å². The molecule has 1 fully saturated rings. The smallest absolute Gasteiger partial charge is 0.317 e. The number of hydrogen-bond donors (Lipinski definition) is 1. The molecular weight excluding hydrogens is 376 g/mol. The molecule has 1 N–H and O–H groups in total. The Morgan fingerprint density at radius 3 is 2.50 bits per heavy atom. The number of carbonyl (C=O) groups excluding carboxylic acids is 1. The van der Waals surface area contributed by atoms with E-state index in [1.54, 1.807) is 4.90 Å². The van der Waals surface area contributed by atoms with Crippen molar-refractivity contribution in [2.45, 2.75) is 33.6 Å². The number of sulfonamides is 1. The lowest BCUT2D eigenvalue weighted by atomic mass is 10.1. The SMILES string of the molecule is CCCNC(=O)N1CCCN(C2=NS(=O)(=O)C(c3ccc(C)cc3)=C2C)CC1. The number of rotatable bonds is 3. The van der Waals surface area contributed by atoms with Crippen LogP contribution in [0.5, 0.6) is 0 Å². The van der Waals surface area contributed by atoms with Gasteiger partial charge in [-0.15, -0.1) is 4.40 Å². The van der Waals surface area contributed by atoms with Crippen LogP contribution in [-0.2, 0) is 10.0 Å². The monoisotopic (exact) mass is 404 g/mol. The summed E-state index contributed by atoms with van der Waals surface area (Å²) in [4.78, 5) is 16.3. The van der Waals surface area contributed by atoms with E-state index in [2.05, 4.69) is 9.71 Å². The fraction of sp³-hybridized carbons (Fsp3) is 0.500. The number of nitrogens with one attached hydrogen (secondary N) is 1. The number of hydrogen-bond acceptors (Lipinski definition) is 4. The first-order valence-electron chi connectivity index (χ1n) is 9.74. The normalized spacial score (nSPS) is 19.5. The molecule has 2 aliphatic rings. The topological polar surface area (TPSA) is 82.1 Å². The highest BCUT2D eigenvalue weighted by molar-refractivity contribution is 8.00. The molecule has 0 aromatic heterocycles. The zero-order chi connectivity index (χ0) is 20.3. The van der Waals surface area contributed by atoms with Gasteiger partial charge in [0.25, 0.3) is 10.0 Å². The molecule has 2 aliphatic heterocycles. The van der Waals surface area contributed by atoms with Gasteiger partial charge in [0, 0.05) is 38.3 Å². The maximum absolute atomic E-state index is 12.7. The van der Waals surface area contributed by atoms with E-state index in [1.807, 2.05) is 49.9 Å². The summed E-state index contributed by atoms with van der Waals surface area (Å²) in [7, 11) is -3.72. The summed E-state index contributed by atoms with van der Waals surface area (Å²) in [6.07, 6.45) is 1.66. The summed E-state index contributed by atoms with van der Waals surface area (Å²) < 4.78 is 29.6. The Morgan fingerprint density at radius 1 is 1.11 bits per heavy atom. The van der Waals surface area contributed by atoms with Crippen LogP contribution >= 0.6 is 0 Å². The standard InChI is InChI=1S/C20H28N4O3S/c1-4-10-21-20(25)24-12-5-11-23(13-14-24)19-16(3)18(28(26,27)22-19)17-8-6-15(2)7-9-17/h6-9H,4-5,10-14H2,1-3H3,(H,21,25). The summed E-state index contributed by atoms with van der Waals surface area (Å²) >= 11 is 0. The van der Waals surface area contributed by atoms with Crippen LogP contribution in [0.2, 0.25) is 0 Å². The van der Waals surface area contributed by atoms with Crippen LogP contribution in [0.3, 0.4) is 0 Å². The Labute approximate surface area is 167 Å². The van der Waals surface area contributed by atoms with Gasteiger partial charge in [-0.2, -0.15) is 8.42 Å². The molecule has 3 rings (SSSR count). The minimum Gasteiger partial charge on any atom is -0.354 e. The predicted molar refractivity (Wildman–Crippen MR) is 112 cm³/mol. The fourth-order valence-electron chi connectivity index (χ4n) is 3.56. The Kier molecular flexibility index (Phi) is 6.07. The van der Waals surface area contributed by atoms with Gasteiger partial charge in [0.05, 0.1) is 0 Å². The van der Waals surface area contributed by atoms with Crippen LogP contribution in [0.15, 0.2) is 34.2 Å². The van der Waals surface area contributed by atoms with Crippen molar-refractivity contribution in [2.24, 2.45) is 4.40 Å². The van der Waals surface area contributed by atoms with Crippen LogP contribution in [0, 0.1) is 6.92 Å². The van der Waals surface area contributed by atoms with Crippen molar-refractivity contribution in [3.63, 3.8) is 0 Å². The van der Waals surface area contributed by atoms with E-state index in [9.17, 15) is 13.2 Å². The number of carbonyl (C=O) groups is 1. The van der Waals surface area contributed by atoms with E-state index in [0.29, 0.717) is 49.7 Å². The van der Waals surface area contributed by atoms with E-state index in [-0.39, 0.29) is 10.9 Å². The van der Waals surface area contributed by atoms with Gasteiger partial charge < -0.3 is 15.1 Å². The highest BCUT2D eigenvalue weighted by atomic mass is 32.2. The van der Waals surface area contributed by atoms with Crippen LogP contribution in [0.25, 0.3) is 4.91 Å². The van der Waals surface area contributed by atoms with E-state index in [0.717, 1.165) is 18.4 Å². The Balaban J connectivity index is 1.80. The Bertz CT molecular complexity index is 904. The minimum absolute atomic E-state index is 0.0581. The maximum Gasteiger partial charge on any atom is 0.317 e. The van der Waals surface area contributed by atoms with E-state index < -0.39 is 10.0 Å². The largest absolute Gasteiger partial charge is 0.354 e. The van der Waals surface area contributed by atoms with Gasteiger partial charge in [0.15, 0.2) is 0 Å². The summed E-state index contributed by atoms with van der Waals surface area (Å²) in [6.45, 7) is 8.89. The van der Waals surface area contributed by atoms with E-state index in [1.165, 1.54) is 0 Å². The van der Waals surface area contributed by atoms with E-state index in [4.69, 9.17) is 0 Å². The Morgan fingerprint density at radius 2 is 1.82 bits per heavy atom. The van der Waals surface area contributed by atoms with Gasteiger partial charge in [-0.05, 0) is 32.3 Å². The first kappa shape index (κ1) is 20.4. The molecule has 7 nitrogen and oxygen atoms in total. The molecular formula is C20H28N4O3S. The highest BCUT2D eigenvalue weighted by Gasteiger charge is 2.34. The quantitative estimate of drug-likeness (QED) is 0.840. The molecule has 0 spiro atoms. The molecule has 0 saturated carbocycles. The molecule has 2 amide bonds. The molecule has 0 atom stereocenters. The summed E-state index contributed by atoms with van der Waals surface area (Å²) in [6, 6.07) is 7.40. The van der Waals surface area contributed by atoms with Crippen molar-refractivity contribution >= 4 is 26.8 Å². The number of amidine groups is 1. The molecule has 2 heterocycles. The molecule has 1 saturated heterocycles. The summed E-state index contributed by atoms with van der Waals surface area (Å²) in [5.74, 6) is 0.506. The summed E-state index contributed by atoms with van der Waals surface area (Å²) in [5, 5.41) is 2.90. The molecule has 0 radical (unpaired) electrons. The number of aryl methyl sites for hydroxylation is 1. The molecule has 0 bridgehead atoms. The lowest BCUT2D eigenvalue weighted by Gasteiger charge is -2.24. The third kappa shape index (κ3) is 4.22. The average Bonchev–Trinajstić information content (AvgIpc) is 2.83. The number of amides is 2. The minimum atomic E-state index is -3.72. The second-order valence-electron chi connectivity index (χ2n) is 7.27. The lowest BCUT2D eigenvalue weighted by molar-refractivity contribution is 0.200. The van der Waals surface area contributed by atoms with Crippen molar-refractivity contribution in [3.05, 3.63) is 41.0 Å². The van der Waals surface area contributed by atoms with Crippen molar-refractivity contribution < 1.29 is 13.2 Å². The molecule has 8 heteroatoms. The maximum atomic E-state index is 12.7. The van der Waals surface area contributed by atoms with Gasteiger partial charge >= 0.3 is 6.03 Å². The lowest BCUT2D eigenvalue weighted by Crippen LogP contribution is -2.42. The molecule has 0 aliphatic carbocycles. The molecule has 28 heavy (non-hydrogen) atoms. The number of benzene rings is 1. The van der Waals surface area contributed by atoms with Crippen molar-refractivity contribution in [2.75, 3.05) is 32.7 Å². The Hall–Kier alpha value is -2.35.